The van der Waals surface area contributed by atoms with Crippen molar-refractivity contribution in [2.75, 3.05) is 40.8 Å². The highest BCUT2D eigenvalue weighted by Gasteiger charge is 2.28. The van der Waals surface area contributed by atoms with Crippen LogP contribution in [0.5, 0.6) is 0 Å². The average molecular weight is 186 g/mol. The van der Waals surface area contributed by atoms with Crippen LogP contribution in [0.4, 0.5) is 0 Å². The average Bonchev–Trinajstić information content (AvgIpc) is 1.99. The number of hydrogen-bond donors (Lipinski definition) is 1. The Morgan fingerprint density at radius 1 is 1.38 bits per heavy atom. The second-order valence-electron chi connectivity index (χ2n) is 4.19. The van der Waals surface area contributed by atoms with E-state index in [1.807, 2.05) is 7.05 Å². The van der Waals surface area contributed by atoms with Crippen LogP contribution in [0.15, 0.2) is 0 Å². The van der Waals surface area contributed by atoms with E-state index in [1.165, 1.54) is 12.8 Å². The molecule has 0 aromatic heterocycles. The van der Waals surface area contributed by atoms with Crippen LogP contribution in [0.2, 0.25) is 0 Å². The zero-order valence-corrected chi connectivity index (χ0v) is 9.05. The highest BCUT2D eigenvalue weighted by molar-refractivity contribution is 4.81. The highest BCUT2D eigenvalue weighted by Crippen LogP contribution is 2.29. The number of nitrogens with zero attached hydrogens (tertiary/aromatic N) is 1. The van der Waals surface area contributed by atoms with E-state index in [0.717, 1.165) is 25.6 Å². The molecule has 0 saturated heterocycles. The molecule has 0 aromatic rings. The maximum Gasteiger partial charge on any atom is 0.0596 e. The maximum absolute atomic E-state index is 5.70. The predicted octanol–water partition coefficient (Wildman–Crippen LogP) is 0.563. The number of nitrogens with one attached hydrogen (secondary N) is 1. The minimum Gasteiger partial charge on any atom is -0.377 e. The van der Waals surface area contributed by atoms with Crippen molar-refractivity contribution in [2.45, 2.75) is 18.9 Å². The molecular formula is C10H22N2O. The van der Waals surface area contributed by atoms with Gasteiger partial charge in [-0.2, -0.15) is 0 Å². The standard InChI is InChI=1S/C10H22N2O/c1-11-8-9-6-10(7-9)13-5-4-12(2)3/h9-11H,4-8H2,1-3H3. The lowest BCUT2D eigenvalue weighted by Crippen LogP contribution is -2.38. The Balaban J connectivity index is 1.90. The minimum absolute atomic E-state index is 0.540. The van der Waals surface area contributed by atoms with Gasteiger partial charge in [0.05, 0.1) is 12.7 Å². The van der Waals surface area contributed by atoms with Crippen molar-refractivity contribution < 1.29 is 4.74 Å². The quantitative estimate of drug-likeness (QED) is 0.656. The third-order valence-electron chi connectivity index (χ3n) is 2.58. The monoisotopic (exact) mass is 186 g/mol. The first-order chi connectivity index (χ1) is 6.22. The summed E-state index contributed by atoms with van der Waals surface area (Å²) in [5.74, 6) is 0.856. The summed E-state index contributed by atoms with van der Waals surface area (Å²) >= 11 is 0. The molecule has 0 heterocycles. The van der Waals surface area contributed by atoms with Gasteiger partial charge in [-0.05, 0) is 46.4 Å². The molecule has 1 N–H and O–H groups in total. The molecular weight excluding hydrogens is 164 g/mol. The van der Waals surface area contributed by atoms with E-state index >= 15 is 0 Å². The molecule has 0 bridgehead atoms. The Kier molecular flexibility index (Phi) is 4.70. The number of hydrogen-bond acceptors (Lipinski definition) is 3. The summed E-state index contributed by atoms with van der Waals surface area (Å²) in [4.78, 5) is 2.16. The fourth-order valence-corrected chi connectivity index (χ4v) is 1.67. The summed E-state index contributed by atoms with van der Waals surface area (Å²) in [5.41, 5.74) is 0. The van der Waals surface area contributed by atoms with Crippen molar-refractivity contribution in [3.05, 3.63) is 0 Å². The van der Waals surface area contributed by atoms with Crippen molar-refractivity contribution >= 4 is 0 Å². The van der Waals surface area contributed by atoms with Gasteiger partial charge in [0.1, 0.15) is 0 Å². The van der Waals surface area contributed by atoms with Gasteiger partial charge < -0.3 is 15.0 Å². The summed E-state index contributed by atoms with van der Waals surface area (Å²) in [7, 11) is 6.17. The molecule has 1 fully saturated rings. The fraction of sp³-hybridized carbons (Fsp3) is 1.00. The minimum atomic E-state index is 0.540. The van der Waals surface area contributed by atoms with Crippen molar-refractivity contribution in [2.24, 2.45) is 5.92 Å². The first-order valence-corrected chi connectivity index (χ1v) is 5.13. The van der Waals surface area contributed by atoms with Crippen molar-refractivity contribution in [1.82, 2.24) is 10.2 Å². The van der Waals surface area contributed by atoms with Gasteiger partial charge in [-0.1, -0.05) is 0 Å². The summed E-state index contributed by atoms with van der Waals surface area (Å²) in [6, 6.07) is 0. The van der Waals surface area contributed by atoms with Crippen LogP contribution in [0.1, 0.15) is 12.8 Å². The SMILES string of the molecule is CNCC1CC(OCCN(C)C)C1. The van der Waals surface area contributed by atoms with Gasteiger partial charge in [-0.25, -0.2) is 0 Å². The van der Waals surface area contributed by atoms with Gasteiger partial charge in [-0.15, -0.1) is 0 Å². The second kappa shape index (κ2) is 5.58. The molecule has 1 rings (SSSR count). The molecule has 0 unspecified atom stereocenters. The van der Waals surface area contributed by atoms with Crippen LogP contribution < -0.4 is 5.32 Å². The predicted molar refractivity (Wildman–Crippen MR) is 54.9 cm³/mol. The van der Waals surface area contributed by atoms with Gasteiger partial charge in [-0.3, -0.25) is 0 Å². The normalized spacial score (nSPS) is 27.7. The summed E-state index contributed by atoms with van der Waals surface area (Å²) in [6.45, 7) is 3.06. The van der Waals surface area contributed by atoms with Gasteiger partial charge in [0.15, 0.2) is 0 Å². The van der Waals surface area contributed by atoms with Gasteiger partial charge in [0.25, 0.3) is 0 Å². The molecule has 0 radical (unpaired) electrons. The number of rotatable bonds is 6. The Hall–Kier alpha value is -0.120. The van der Waals surface area contributed by atoms with Crippen LogP contribution in [-0.2, 0) is 4.74 Å². The lowest BCUT2D eigenvalue weighted by molar-refractivity contribution is -0.0333. The highest BCUT2D eigenvalue weighted by atomic mass is 16.5. The van der Waals surface area contributed by atoms with E-state index < -0.39 is 0 Å². The molecule has 0 atom stereocenters. The van der Waals surface area contributed by atoms with E-state index in [0.29, 0.717) is 6.10 Å². The largest absolute Gasteiger partial charge is 0.377 e. The number of ether oxygens (including phenoxy) is 1. The Bertz CT molecular complexity index is 133. The fourth-order valence-electron chi connectivity index (χ4n) is 1.67. The smallest absolute Gasteiger partial charge is 0.0596 e. The molecule has 13 heavy (non-hydrogen) atoms. The summed E-state index contributed by atoms with van der Waals surface area (Å²) in [5, 5.41) is 3.20. The molecule has 0 aromatic carbocycles. The van der Waals surface area contributed by atoms with Crippen LogP contribution in [0, 0.1) is 5.92 Å². The van der Waals surface area contributed by atoms with E-state index in [2.05, 4.69) is 24.3 Å². The van der Waals surface area contributed by atoms with Crippen LogP contribution in [-0.4, -0.2) is 51.8 Å². The molecule has 0 spiro atoms. The maximum atomic E-state index is 5.70. The zero-order chi connectivity index (χ0) is 9.68. The first kappa shape index (κ1) is 11.0. The van der Waals surface area contributed by atoms with Gasteiger partial charge in [0, 0.05) is 6.54 Å². The van der Waals surface area contributed by atoms with Gasteiger partial charge >= 0.3 is 0 Å². The topological polar surface area (TPSA) is 24.5 Å². The van der Waals surface area contributed by atoms with Gasteiger partial charge in [0.2, 0.25) is 0 Å². The van der Waals surface area contributed by atoms with E-state index in [1.54, 1.807) is 0 Å². The molecule has 78 valence electrons. The van der Waals surface area contributed by atoms with Crippen molar-refractivity contribution in [1.29, 1.82) is 0 Å². The van der Waals surface area contributed by atoms with Crippen molar-refractivity contribution in [3.63, 3.8) is 0 Å². The van der Waals surface area contributed by atoms with E-state index in [-0.39, 0.29) is 0 Å². The van der Waals surface area contributed by atoms with E-state index in [4.69, 9.17) is 4.74 Å². The second-order valence-corrected chi connectivity index (χ2v) is 4.19. The van der Waals surface area contributed by atoms with E-state index in [9.17, 15) is 0 Å². The third kappa shape index (κ3) is 4.07. The summed E-state index contributed by atoms with van der Waals surface area (Å²) in [6.07, 6.45) is 3.03. The van der Waals surface area contributed by atoms with Crippen molar-refractivity contribution in [3.8, 4) is 0 Å². The lowest BCUT2D eigenvalue weighted by atomic mass is 9.82. The zero-order valence-electron chi connectivity index (χ0n) is 9.05. The molecule has 0 aliphatic heterocycles. The number of likely N-dealkylation sites (N-methyl/N-ethyl adjacent to an activating group) is 1. The molecule has 1 aliphatic carbocycles. The lowest BCUT2D eigenvalue weighted by Gasteiger charge is -2.35. The molecule has 3 nitrogen and oxygen atoms in total. The molecule has 1 saturated carbocycles. The third-order valence-corrected chi connectivity index (χ3v) is 2.58. The van der Waals surface area contributed by atoms with Crippen LogP contribution in [0.3, 0.4) is 0 Å². The van der Waals surface area contributed by atoms with Crippen LogP contribution >= 0.6 is 0 Å². The summed E-state index contributed by atoms with van der Waals surface area (Å²) < 4.78 is 5.70. The molecule has 3 heteroatoms. The Labute approximate surface area is 81.4 Å². The first-order valence-electron chi connectivity index (χ1n) is 5.13. The Morgan fingerprint density at radius 3 is 2.62 bits per heavy atom. The Morgan fingerprint density at radius 2 is 2.08 bits per heavy atom. The molecule has 0 amide bonds. The molecule has 1 aliphatic rings. The van der Waals surface area contributed by atoms with Crippen LogP contribution in [0.25, 0.3) is 0 Å².